The van der Waals surface area contributed by atoms with Crippen molar-refractivity contribution in [3.05, 3.63) is 65.2 Å². The summed E-state index contributed by atoms with van der Waals surface area (Å²) in [6.45, 7) is 0. The summed E-state index contributed by atoms with van der Waals surface area (Å²) in [5.41, 5.74) is 0.834. The zero-order valence-corrected chi connectivity index (χ0v) is 12.6. The molecule has 2 aromatic rings. The first kappa shape index (κ1) is 14.3. The third kappa shape index (κ3) is 2.49. The molecule has 5 heteroatoms. The lowest BCUT2D eigenvalue weighted by molar-refractivity contribution is -0.108. The number of halogens is 1. The summed E-state index contributed by atoms with van der Waals surface area (Å²) >= 11 is 5.84. The van der Waals surface area contributed by atoms with Crippen molar-refractivity contribution in [2.75, 3.05) is 0 Å². The van der Waals surface area contributed by atoms with E-state index in [1.807, 2.05) is 0 Å². The minimum Gasteiger partial charge on any atom is -0.303 e. The number of hydrogen-bond acceptors (Lipinski definition) is 3. The van der Waals surface area contributed by atoms with Crippen molar-refractivity contribution >= 4 is 27.7 Å². The molecule has 3 nitrogen and oxygen atoms in total. The molecule has 0 N–H and O–H groups in total. The van der Waals surface area contributed by atoms with Crippen LogP contribution >= 0.6 is 11.6 Å². The topological polar surface area (TPSA) is 51.2 Å². The summed E-state index contributed by atoms with van der Waals surface area (Å²) < 4.78 is 25.3. The van der Waals surface area contributed by atoms with Crippen LogP contribution in [0.1, 0.15) is 11.5 Å². The van der Waals surface area contributed by atoms with E-state index >= 15 is 0 Å². The summed E-state index contributed by atoms with van der Waals surface area (Å²) in [4.78, 5) is 11.5. The molecule has 0 aromatic heterocycles. The Kier molecular flexibility index (Phi) is 3.59. The van der Waals surface area contributed by atoms with Crippen LogP contribution < -0.4 is 0 Å². The van der Waals surface area contributed by atoms with Gasteiger partial charge in [0.05, 0.1) is 10.1 Å². The quantitative estimate of drug-likeness (QED) is 0.813. The molecule has 0 amide bonds. The van der Waals surface area contributed by atoms with Crippen molar-refractivity contribution in [2.24, 2.45) is 5.92 Å². The Hall–Kier alpha value is -1.65. The zero-order chi connectivity index (χ0) is 15.0. The molecule has 2 aromatic carbocycles. The molecule has 0 bridgehead atoms. The van der Waals surface area contributed by atoms with Gasteiger partial charge in [-0.3, -0.25) is 0 Å². The van der Waals surface area contributed by atoms with Crippen molar-refractivity contribution in [1.82, 2.24) is 0 Å². The van der Waals surface area contributed by atoms with Gasteiger partial charge >= 0.3 is 0 Å². The fourth-order valence-electron chi connectivity index (χ4n) is 2.73. The van der Waals surface area contributed by atoms with Crippen LogP contribution in [-0.2, 0) is 14.6 Å². The Balaban J connectivity index is 1.96. The highest BCUT2D eigenvalue weighted by Gasteiger charge is 2.58. The Bertz CT molecular complexity index is 754. The molecule has 0 aliphatic heterocycles. The molecule has 0 unspecified atom stereocenters. The van der Waals surface area contributed by atoms with Crippen LogP contribution in [-0.4, -0.2) is 20.0 Å². The summed E-state index contributed by atoms with van der Waals surface area (Å²) in [5.74, 6) is -0.777. The molecule has 1 saturated carbocycles. The number of sulfone groups is 1. The first-order valence-electron chi connectivity index (χ1n) is 6.55. The number of aldehydes is 1. The Morgan fingerprint density at radius 1 is 0.952 bits per heavy atom. The summed E-state index contributed by atoms with van der Waals surface area (Å²) in [6.07, 6.45) is 0.741. The second-order valence-electron chi connectivity index (χ2n) is 5.11. The molecular formula is C16H13ClO3S. The zero-order valence-electron chi connectivity index (χ0n) is 11.0. The van der Waals surface area contributed by atoms with Gasteiger partial charge in [-0.1, -0.05) is 41.9 Å². The first-order valence-corrected chi connectivity index (χ1v) is 8.48. The van der Waals surface area contributed by atoms with Crippen molar-refractivity contribution in [2.45, 2.75) is 16.1 Å². The van der Waals surface area contributed by atoms with Crippen LogP contribution in [0.2, 0.25) is 5.02 Å². The first-order chi connectivity index (χ1) is 10.1. The minimum absolute atomic E-state index is 0.262. The number of rotatable bonds is 4. The average Bonchev–Trinajstić information content (AvgIpc) is 3.24. The second-order valence-corrected chi connectivity index (χ2v) is 7.66. The van der Waals surface area contributed by atoms with Crippen LogP contribution in [0, 0.1) is 5.92 Å². The van der Waals surface area contributed by atoms with Crippen LogP contribution in [0.15, 0.2) is 59.5 Å². The summed E-state index contributed by atoms with van der Waals surface area (Å²) in [6, 6.07) is 15.2. The Morgan fingerprint density at radius 2 is 1.57 bits per heavy atom. The van der Waals surface area contributed by atoms with Crippen LogP contribution in [0.4, 0.5) is 0 Å². The van der Waals surface area contributed by atoms with Gasteiger partial charge in [0.2, 0.25) is 0 Å². The molecule has 21 heavy (non-hydrogen) atoms. The maximum atomic E-state index is 12.6. The lowest BCUT2D eigenvalue weighted by Gasteiger charge is -2.04. The summed E-state index contributed by atoms with van der Waals surface area (Å²) in [5, 5.41) is -0.0944. The van der Waals surface area contributed by atoms with Crippen LogP contribution in [0.25, 0.3) is 0 Å². The molecule has 3 atom stereocenters. The van der Waals surface area contributed by atoms with E-state index in [0.717, 1.165) is 11.8 Å². The van der Waals surface area contributed by atoms with E-state index in [9.17, 15) is 13.2 Å². The van der Waals surface area contributed by atoms with Crippen molar-refractivity contribution < 1.29 is 13.2 Å². The SMILES string of the molecule is O=C[C@H]1[C@@H](c2ccc(Cl)cc2)[C@@H]1S(=O)(=O)c1ccccc1. The molecule has 1 aliphatic rings. The van der Waals surface area contributed by atoms with Gasteiger partial charge in [0.25, 0.3) is 0 Å². The van der Waals surface area contributed by atoms with Crippen molar-refractivity contribution in [3.8, 4) is 0 Å². The lowest BCUT2D eigenvalue weighted by Crippen LogP contribution is -2.10. The highest BCUT2D eigenvalue weighted by Crippen LogP contribution is 2.52. The number of carbonyl (C=O) groups is 1. The lowest BCUT2D eigenvalue weighted by atomic mass is 10.1. The molecule has 0 heterocycles. The van der Waals surface area contributed by atoms with Crippen LogP contribution in [0.5, 0.6) is 0 Å². The predicted octanol–water partition coefficient (Wildman–Crippen LogP) is 3.09. The second kappa shape index (κ2) is 5.28. The van der Waals surface area contributed by atoms with Crippen LogP contribution in [0.3, 0.4) is 0 Å². The van der Waals surface area contributed by atoms with Gasteiger partial charge in [0.15, 0.2) is 9.84 Å². The van der Waals surface area contributed by atoms with Gasteiger partial charge in [0.1, 0.15) is 6.29 Å². The number of carbonyl (C=O) groups excluding carboxylic acids is 1. The van der Waals surface area contributed by atoms with E-state index in [2.05, 4.69) is 0 Å². The molecule has 0 saturated heterocycles. The predicted molar refractivity (Wildman–Crippen MR) is 81.2 cm³/mol. The molecule has 3 rings (SSSR count). The normalized spacial score (nSPS) is 24.5. The Labute approximate surface area is 128 Å². The standard InChI is InChI=1S/C16H13ClO3S/c17-12-8-6-11(7-9-12)15-14(10-18)16(15)21(19,20)13-4-2-1-3-5-13/h1-10,14-16H/t14-,15+,16+/m0/s1. The maximum absolute atomic E-state index is 12.6. The third-order valence-corrected chi connectivity index (χ3v) is 6.35. The minimum atomic E-state index is -3.50. The van der Waals surface area contributed by atoms with Gasteiger partial charge in [-0.2, -0.15) is 0 Å². The Morgan fingerprint density at radius 3 is 2.14 bits per heavy atom. The fraction of sp³-hybridized carbons (Fsp3) is 0.188. The molecule has 108 valence electrons. The van der Waals surface area contributed by atoms with Gasteiger partial charge in [0, 0.05) is 16.9 Å². The van der Waals surface area contributed by atoms with E-state index in [4.69, 9.17) is 11.6 Å². The van der Waals surface area contributed by atoms with E-state index in [1.54, 1.807) is 54.6 Å². The molecule has 0 spiro atoms. The highest BCUT2D eigenvalue weighted by atomic mass is 35.5. The molecular weight excluding hydrogens is 308 g/mol. The number of hydrogen-bond donors (Lipinski definition) is 0. The van der Waals surface area contributed by atoms with E-state index < -0.39 is 21.0 Å². The van der Waals surface area contributed by atoms with Gasteiger partial charge in [-0.15, -0.1) is 0 Å². The third-order valence-electron chi connectivity index (χ3n) is 3.85. The van der Waals surface area contributed by atoms with Gasteiger partial charge in [-0.05, 0) is 29.8 Å². The van der Waals surface area contributed by atoms with Gasteiger partial charge in [-0.25, -0.2) is 8.42 Å². The highest BCUT2D eigenvalue weighted by molar-refractivity contribution is 7.92. The monoisotopic (exact) mass is 320 g/mol. The molecule has 1 fully saturated rings. The van der Waals surface area contributed by atoms with Crippen molar-refractivity contribution in [1.29, 1.82) is 0 Å². The number of benzene rings is 2. The van der Waals surface area contributed by atoms with E-state index in [-0.39, 0.29) is 10.8 Å². The maximum Gasteiger partial charge on any atom is 0.182 e. The average molecular weight is 321 g/mol. The van der Waals surface area contributed by atoms with E-state index in [1.165, 1.54) is 0 Å². The summed E-state index contributed by atoms with van der Waals surface area (Å²) in [7, 11) is -3.50. The van der Waals surface area contributed by atoms with E-state index in [0.29, 0.717) is 5.02 Å². The van der Waals surface area contributed by atoms with Crippen molar-refractivity contribution in [3.63, 3.8) is 0 Å². The smallest absolute Gasteiger partial charge is 0.182 e. The molecule has 0 radical (unpaired) electrons. The molecule has 1 aliphatic carbocycles. The largest absolute Gasteiger partial charge is 0.303 e. The fourth-order valence-corrected chi connectivity index (χ4v) is 4.99. The van der Waals surface area contributed by atoms with Gasteiger partial charge < -0.3 is 4.79 Å².